The van der Waals surface area contributed by atoms with Crippen LogP contribution in [0.2, 0.25) is 10.0 Å². The highest BCUT2D eigenvalue weighted by Gasteiger charge is 2.24. The minimum absolute atomic E-state index is 0.574. The van der Waals surface area contributed by atoms with E-state index in [1.807, 2.05) is 0 Å². The van der Waals surface area contributed by atoms with Gasteiger partial charge < -0.3 is 4.90 Å². The van der Waals surface area contributed by atoms with Crippen LogP contribution in [-0.4, -0.2) is 24.0 Å². The molecule has 0 spiro atoms. The molecule has 0 aromatic carbocycles. The summed E-state index contributed by atoms with van der Waals surface area (Å²) in [7, 11) is 0. The fraction of sp³-hybridized carbons (Fsp3) is 0.545. The Morgan fingerprint density at radius 2 is 2.25 bits per heavy atom. The third-order valence-electron chi connectivity index (χ3n) is 2.89. The van der Waals surface area contributed by atoms with Gasteiger partial charge in [0.2, 0.25) is 0 Å². The summed E-state index contributed by atoms with van der Waals surface area (Å²) in [5, 5.41) is 1.20. The van der Waals surface area contributed by atoms with E-state index >= 15 is 0 Å². The summed E-state index contributed by atoms with van der Waals surface area (Å²) in [6, 6.07) is 1.74. The molecule has 2 heterocycles. The number of anilines is 1. The Labute approximate surface area is 111 Å². The number of alkyl halides is 1. The fourth-order valence-corrected chi connectivity index (χ4v) is 2.86. The zero-order valence-electron chi connectivity index (χ0n) is 8.80. The molecule has 1 aromatic rings. The highest BCUT2D eigenvalue weighted by atomic mass is 35.5. The van der Waals surface area contributed by atoms with Crippen molar-refractivity contribution in [1.82, 2.24) is 4.98 Å². The van der Waals surface area contributed by atoms with E-state index in [-0.39, 0.29) is 0 Å². The van der Waals surface area contributed by atoms with E-state index in [0.717, 1.165) is 37.6 Å². The van der Waals surface area contributed by atoms with Crippen LogP contribution < -0.4 is 4.90 Å². The summed E-state index contributed by atoms with van der Waals surface area (Å²) >= 11 is 17.7. The van der Waals surface area contributed by atoms with Crippen molar-refractivity contribution in [3.05, 3.63) is 22.3 Å². The molecule has 2 nitrogen and oxygen atoms in total. The van der Waals surface area contributed by atoms with Gasteiger partial charge in [0.05, 0.1) is 10.0 Å². The minimum Gasteiger partial charge on any atom is -0.355 e. The van der Waals surface area contributed by atoms with E-state index in [2.05, 4.69) is 9.88 Å². The van der Waals surface area contributed by atoms with Gasteiger partial charge in [-0.2, -0.15) is 0 Å². The van der Waals surface area contributed by atoms with Crippen LogP contribution in [0.25, 0.3) is 0 Å². The van der Waals surface area contributed by atoms with Crippen molar-refractivity contribution in [1.29, 1.82) is 0 Å². The molecule has 0 saturated carbocycles. The Bertz CT molecular complexity index is 370. The lowest BCUT2D eigenvalue weighted by molar-refractivity contribution is 0.572. The Kier molecular flexibility index (Phi) is 4.17. The van der Waals surface area contributed by atoms with E-state index in [0.29, 0.717) is 16.0 Å². The zero-order chi connectivity index (χ0) is 11.5. The van der Waals surface area contributed by atoms with E-state index in [1.165, 1.54) is 0 Å². The summed E-state index contributed by atoms with van der Waals surface area (Å²) in [5.41, 5.74) is 0. The molecule has 5 heteroatoms. The molecular formula is C11H13Cl3N2. The first-order valence-corrected chi connectivity index (χ1v) is 6.61. The number of hydrogen-bond acceptors (Lipinski definition) is 2. The maximum atomic E-state index is 6.12. The molecule has 1 fully saturated rings. The molecular weight excluding hydrogens is 266 g/mol. The van der Waals surface area contributed by atoms with E-state index < -0.39 is 0 Å². The van der Waals surface area contributed by atoms with Crippen LogP contribution in [-0.2, 0) is 0 Å². The normalized spacial score (nSPS) is 20.4. The monoisotopic (exact) mass is 278 g/mol. The van der Waals surface area contributed by atoms with Crippen LogP contribution >= 0.6 is 34.8 Å². The number of aromatic nitrogens is 1. The van der Waals surface area contributed by atoms with Gasteiger partial charge >= 0.3 is 0 Å². The van der Waals surface area contributed by atoms with E-state index in [1.54, 1.807) is 12.3 Å². The molecule has 1 atom stereocenters. The minimum atomic E-state index is 0.574. The smallest absolute Gasteiger partial charge is 0.147 e. The van der Waals surface area contributed by atoms with Crippen molar-refractivity contribution < 1.29 is 0 Å². The molecule has 2 rings (SSSR count). The second kappa shape index (κ2) is 5.44. The average molecular weight is 280 g/mol. The van der Waals surface area contributed by atoms with Crippen molar-refractivity contribution in [2.75, 3.05) is 23.9 Å². The van der Waals surface area contributed by atoms with Crippen LogP contribution in [0.4, 0.5) is 5.82 Å². The molecule has 0 amide bonds. The molecule has 0 N–H and O–H groups in total. The Balaban J connectivity index is 2.08. The van der Waals surface area contributed by atoms with Gasteiger partial charge in [-0.05, 0) is 24.8 Å². The van der Waals surface area contributed by atoms with Gasteiger partial charge in [-0.1, -0.05) is 23.2 Å². The SMILES string of the molecule is ClCCC1CCN(c2ncc(Cl)cc2Cl)C1. The van der Waals surface area contributed by atoms with Crippen LogP contribution in [0.1, 0.15) is 12.8 Å². The summed E-state index contributed by atoms with van der Waals surface area (Å²) in [6.45, 7) is 1.98. The third kappa shape index (κ3) is 2.73. The van der Waals surface area contributed by atoms with Crippen molar-refractivity contribution in [2.24, 2.45) is 5.92 Å². The van der Waals surface area contributed by atoms with Crippen LogP contribution in [0, 0.1) is 5.92 Å². The third-order valence-corrected chi connectivity index (χ3v) is 3.59. The van der Waals surface area contributed by atoms with Gasteiger partial charge in [0.1, 0.15) is 5.82 Å². The molecule has 0 bridgehead atoms. The lowest BCUT2D eigenvalue weighted by Crippen LogP contribution is -2.21. The molecule has 0 radical (unpaired) electrons. The maximum Gasteiger partial charge on any atom is 0.147 e. The standard InChI is InChI=1S/C11H13Cl3N2/c12-3-1-8-2-4-16(7-8)11-10(14)5-9(13)6-15-11/h5-6,8H,1-4,7H2. The number of nitrogens with zero attached hydrogens (tertiary/aromatic N) is 2. The van der Waals surface area contributed by atoms with E-state index in [4.69, 9.17) is 34.8 Å². The fourth-order valence-electron chi connectivity index (χ4n) is 2.06. The lowest BCUT2D eigenvalue weighted by atomic mass is 10.1. The Hall–Kier alpha value is -0.180. The van der Waals surface area contributed by atoms with Crippen molar-refractivity contribution >= 4 is 40.6 Å². The van der Waals surface area contributed by atoms with Gasteiger partial charge in [0.25, 0.3) is 0 Å². The topological polar surface area (TPSA) is 16.1 Å². The largest absolute Gasteiger partial charge is 0.355 e. The van der Waals surface area contributed by atoms with Gasteiger partial charge in [0.15, 0.2) is 0 Å². The number of halogens is 3. The van der Waals surface area contributed by atoms with Crippen LogP contribution in [0.3, 0.4) is 0 Å². The highest BCUT2D eigenvalue weighted by molar-refractivity contribution is 6.36. The maximum absolute atomic E-state index is 6.12. The number of pyridine rings is 1. The summed E-state index contributed by atoms with van der Waals surface area (Å²) < 4.78 is 0. The van der Waals surface area contributed by atoms with Gasteiger partial charge in [-0.3, -0.25) is 0 Å². The lowest BCUT2D eigenvalue weighted by Gasteiger charge is -2.18. The molecule has 1 unspecified atom stereocenters. The molecule has 88 valence electrons. The first kappa shape index (κ1) is 12.3. The van der Waals surface area contributed by atoms with Crippen LogP contribution in [0.15, 0.2) is 12.3 Å². The molecule has 0 aliphatic carbocycles. The predicted molar refractivity (Wildman–Crippen MR) is 69.9 cm³/mol. The Morgan fingerprint density at radius 3 is 2.94 bits per heavy atom. The predicted octanol–water partition coefficient (Wildman–Crippen LogP) is 3.84. The van der Waals surface area contributed by atoms with Gasteiger partial charge in [-0.25, -0.2) is 4.98 Å². The average Bonchev–Trinajstić information content (AvgIpc) is 2.67. The molecule has 1 saturated heterocycles. The Morgan fingerprint density at radius 1 is 1.44 bits per heavy atom. The molecule has 1 aliphatic rings. The first-order chi connectivity index (χ1) is 7.70. The molecule has 1 aromatic heterocycles. The van der Waals surface area contributed by atoms with Crippen molar-refractivity contribution in [3.8, 4) is 0 Å². The van der Waals surface area contributed by atoms with Crippen molar-refractivity contribution in [2.45, 2.75) is 12.8 Å². The molecule has 16 heavy (non-hydrogen) atoms. The summed E-state index contributed by atoms with van der Waals surface area (Å²) in [6.07, 6.45) is 3.86. The highest BCUT2D eigenvalue weighted by Crippen LogP contribution is 2.31. The number of rotatable bonds is 3. The van der Waals surface area contributed by atoms with E-state index in [9.17, 15) is 0 Å². The van der Waals surface area contributed by atoms with Gasteiger partial charge in [0, 0.05) is 25.2 Å². The van der Waals surface area contributed by atoms with Crippen molar-refractivity contribution in [3.63, 3.8) is 0 Å². The van der Waals surface area contributed by atoms with Gasteiger partial charge in [-0.15, -0.1) is 11.6 Å². The second-order valence-corrected chi connectivity index (χ2v) is 5.26. The zero-order valence-corrected chi connectivity index (χ0v) is 11.1. The summed E-state index contributed by atoms with van der Waals surface area (Å²) in [5.74, 6) is 2.22. The second-order valence-electron chi connectivity index (χ2n) is 4.04. The summed E-state index contributed by atoms with van der Waals surface area (Å²) in [4.78, 5) is 6.49. The molecule has 1 aliphatic heterocycles. The number of hydrogen-bond donors (Lipinski definition) is 0. The first-order valence-electron chi connectivity index (χ1n) is 5.32. The quantitative estimate of drug-likeness (QED) is 0.782. The van der Waals surface area contributed by atoms with Crippen LogP contribution in [0.5, 0.6) is 0 Å².